The smallest absolute Gasteiger partial charge is 0.255 e. The number of hydrogen-bond donors (Lipinski definition) is 3. The maximum absolute atomic E-state index is 12.4. The van der Waals surface area contributed by atoms with Gasteiger partial charge in [0, 0.05) is 11.6 Å². The van der Waals surface area contributed by atoms with Crippen LogP contribution in [0.1, 0.15) is 40.2 Å². The molecule has 0 bridgehead atoms. The summed E-state index contributed by atoms with van der Waals surface area (Å²) >= 11 is 0. The van der Waals surface area contributed by atoms with E-state index in [4.69, 9.17) is 0 Å². The molecule has 0 aromatic heterocycles. The lowest BCUT2D eigenvalue weighted by atomic mass is 9.89. The van der Waals surface area contributed by atoms with Crippen LogP contribution in [0.2, 0.25) is 0 Å². The molecule has 0 spiro atoms. The van der Waals surface area contributed by atoms with Crippen LogP contribution in [0.5, 0.6) is 0 Å². The molecule has 1 fully saturated rings. The Kier molecular flexibility index (Phi) is 5.40. The van der Waals surface area contributed by atoms with Gasteiger partial charge in [0.25, 0.3) is 11.8 Å². The highest BCUT2D eigenvalue weighted by molar-refractivity contribution is 5.95. The molecule has 1 aliphatic carbocycles. The van der Waals surface area contributed by atoms with E-state index in [9.17, 15) is 14.8 Å². The number of rotatable bonds is 6. The summed E-state index contributed by atoms with van der Waals surface area (Å²) < 4.78 is 0. The lowest BCUT2D eigenvalue weighted by Crippen LogP contribution is -2.27. The molecule has 0 aliphatic heterocycles. The van der Waals surface area contributed by atoms with Crippen molar-refractivity contribution in [1.82, 2.24) is 10.8 Å². The lowest BCUT2D eigenvalue weighted by molar-refractivity contribution is -0.129. The molecule has 3 N–H and O–H groups in total. The number of amides is 2. The predicted octanol–water partition coefficient (Wildman–Crippen LogP) is 3.88. The Hall–Kier alpha value is -3.44. The minimum Gasteiger partial charge on any atom is -0.349 e. The fourth-order valence-electron chi connectivity index (χ4n) is 3.41. The number of carbonyl (C=O) groups excluding carboxylic acids is 2. The number of hydrogen-bond acceptors (Lipinski definition) is 3. The van der Waals surface area contributed by atoms with Crippen LogP contribution in [0, 0.1) is 0 Å². The van der Waals surface area contributed by atoms with Crippen molar-refractivity contribution >= 4 is 11.8 Å². The Bertz CT molecular complexity index is 1010. The predicted molar refractivity (Wildman–Crippen MR) is 111 cm³/mol. The largest absolute Gasteiger partial charge is 0.349 e. The maximum Gasteiger partial charge on any atom is 0.255 e. The summed E-state index contributed by atoms with van der Waals surface area (Å²) in [4.78, 5) is 24.5. The first-order valence-electron chi connectivity index (χ1n) is 9.66. The summed E-state index contributed by atoms with van der Waals surface area (Å²) in [7, 11) is 0. The summed E-state index contributed by atoms with van der Waals surface area (Å²) in [6.45, 7) is 0. The van der Waals surface area contributed by atoms with Gasteiger partial charge < -0.3 is 5.32 Å². The summed E-state index contributed by atoms with van der Waals surface area (Å²) in [6.07, 6.45) is 2.11. The van der Waals surface area contributed by atoms with E-state index in [1.807, 2.05) is 78.9 Å². The Morgan fingerprint density at radius 3 is 2.17 bits per heavy atom. The van der Waals surface area contributed by atoms with Crippen LogP contribution >= 0.6 is 0 Å². The van der Waals surface area contributed by atoms with Crippen LogP contribution in [-0.2, 0) is 4.79 Å². The van der Waals surface area contributed by atoms with E-state index in [0.29, 0.717) is 11.6 Å². The fraction of sp³-hybridized carbons (Fsp3) is 0.167. The number of carbonyl (C=O) groups is 2. The van der Waals surface area contributed by atoms with Crippen LogP contribution < -0.4 is 10.8 Å². The van der Waals surface area contributed by atoms with E-state index in [1.54, 1.807) is 5.48 Å². The van der Waals surface area contributed by atoms with Gasteiger partial charge in [0.1, 0.15) is 0 Å². The van der Waals surface area contributed by atoms with Gasteiger partial charge in [0.15, 0.2) is 0 Å². The average Bonchev–Trinajstić information content (AvgIpc) is 3.59. The summed E-state index contributed by atoms with van der Waals surface area (Å²) in [5.74, 6) is -1.15. The van der Waals surface area contributed by atoms with E-state index in [-0.39, 0.29) is 5.91 Å². The molecule has 4 rings (SSSR count). The zero-order valence-corrected chi connectivity index (χ0v) is 15.8. The Labute approximate surface area is 169 Å². The summed E-state index contributed by atoms with van der Waals surface area (Å²) in [5.41, 5.74) is 5.87. The molecule has 3 aromatic carbocycles. The molecule has 146 valence electrons. The quantitative estimate of drug-likeness (QED) is 0.444. The molecule has 5 heteroatoms. The van der Waals surface area contributed by atoms with Gasteiger partial charge in [-0.1, -0.05) is 66.7 Å². The van der Waals surface area contributed by atoms with Crippen molar-refractivity contribution in [2.45, 2.75) is 24.8 Å². The number of hydroxylamine groups is 1. The lowest BCUT2D eigenvalue weighted by Gasteiger charge is -2.17. The number of nitrogens with one attached hydrogen (secondary N) is 2. The zero-order chi connectivity index (χ0) is 20.2. The molecule has 29 heavy (non-hydrogen) atoms. The van der Waals surface area contributed by atoms with Crippen LogP contribution in [-0.4, -0.2) is 23.1 Å². The normalized spacial score (nSPS) is 14.1. The third-order valence-electron chi connectivity index (χ3n) is 5.12. The second kappa shape index (κ2) is 8.29. The average molecular weight is 386 g/mol. The highest BCUT2D eigenvalue weighted by Crippen LogP contribution is 2.29. The van der Waals surface area contributed by atoms with Gasteiger partial charge in [-0.05, 0) is 47.2 Å². The Balaban J connectivity index is 1.62. The summed E-state index contributed by atoms with van der Waals surface area (Å²) in [6, 6.07) is 24.8. The molecule has 3 aromatic rings. The van der Waals surface area contributed by atoms with Crippen molar-refractivity contribution in [3.63, 3.8) is 0 Å². The first-order valence-corrected chi connectivity index (χ1v) is 9.66. The van der Waals surface area contributed by atoms with Crippen molar-refractivity contribution in [2.24, 2.45) is 0 Å². The molecule has 0 heterocycles. The van der Waals surface area contributed by atoms with Gasteiger partial charge in [-0.3, -0.25) is 14.8 Å². The first kappa shape index (κ1) is 18.9. The van der Waals surface area contributed by atoms with Crippen molar-refractivity contribution < 1.29 is 14.8 Å². The van der Waals surface area contributed by atoms with E-state index in [1.165, 1.54) is 0 Å². The van der Waals surface area contributed by atoms with Gasteiger partial charge in [-0.2, -0.15) is 0 Å². The summed E-state index contributed by atoms with van der Waals surface area (Å²) in [5, 5.41) is 12.2. The van der Waals surface area contributed by atoms with E-state index < -0.39 is 11.8 Å². The van der Waals surface area contributed by atoms with Crippen LogP contribution in [0.25, 0.3) is 11.1 Å². The van der Waals surface area contributed by atoms with E-state index in [2.05, 4.69) is 5.32 Å². The van der Waals surface area contributed by atoms with Crippen molar-refractivity contribution in [2.75, 3.05) is 0 Å². The van der Waals surface area contributed by atoms with Gasteiger partial charge in [0.2, 0.25) is 0 Å². The molecule has 5 nitrogen and oxygen atoms in total. The van der Waals surface area contributed by atoms with Crippen LogP contribution in [0.3, 0.4) is 0 Å². The monoisotopic (exact) mass is 386 g/mol. The maximum atomic E-state index is 12.4. The molecular weight excluding hydrogens is 364 g/mol. The van der Waals surface area contributed by atoms with Gasteiger partial charge in [-0.25, -0.2) is 5.48 Å². The standard InChI is InChI=1S/C24H22N2O3/c27-23(25-21-13-14-21)18-11-9-16(10-12-18)19-7-4-8-20(15-19)22(24(28)26-29)17-5-2-1-3-6-17/h1-12,15,21-22,29H,13-14H2,(H,25,27)(H,26,28). The SMILES string of the molecule is O=C(NC1CC1)c1ccc(-c2cccc(C(C(=O)NO)c3ccccc3)c2)cc1. The second-order valence-electron chi connectivity index (χ2n) is 7.27. The van der Waals surface area contributed by atoms with Gasteiger partial charge >= 0.3 is 0 Å². The topological polar surface area (TPSA) is 78.4 Å². The second-order valence-corrected chi connectivity index (χ2v) is 7.27. The Morgan fingerprint density at radius 2 is 1.52 bits per heavy atom. The zero-order valence-electron chi connectivity index (χ0n) is 15.8. The first-order chi connectivity index (χ1) is 14.2. The van der Waals surface area contributed by atoms with Crippen molar-refractivity contribution in [3.05, 3.63) is 95.6 Å². The minimum atomic E-state index is -0.621. The van der Waals surface area contributed by atoms with Crippen molar-refractivity contribution in [1.29, 1.82) is 0 Å². The molecule has 0 saturated heterocycles. The molecule has 1 atom stereocenters. The third-order valence-corrected chi connectivity index (χ3v) is 5.12. The van der Waals surface area contributed by atoms with Crippen molar-refractivity contribution in [3.8, 4) is 11.1 Å². The molecule has 0 radical (unpaired) electrons. The highest BCUT2D eigenvalue weighted by Gasteiger charge is 2.24. The Morgan fingerprint density at radius 1 is 0.828 bits per heavy atom. The fourth-order valence-corrected chi connectivity index (χ4v) is 3.41. The highest BCUT2D eigenvalue weighted by atomic mass is 16.5. The van der Waals surface area contributed by atoms with Gasteiger partial charge in [-0.15, -0.1) is 0 Å². The third kappa shape index (κ3) is 4.36. The van der Waals surface area contributed by atoms with E-state index in [0.717, 1.165) is 35.1 Å². The molecular formula is C24H22N2O3. The molecule has 2 amide bonds. The molecule has 1 saturated carbocycles. The van der Waals surface area contributed by atoms with Crippen LogP contribution in [0.4, 0.5) is 0 Å². The van der Waals surface area contributed by atoms with Crippen LogP contribution in [0.15, 0.2) is 78.9 Å². The van der Waals surface area contributed by atoms with E-state index >= 15 is 0 Å². The minimum absolute atomic E-state index is 0.0449. The van der Waals surface area contributed by atoms with Gasteiger partial charge in [0.05, 0.1) is 5.92 Å². The molecule has 1 unspecified atom stereocenters. The number of benzene rings is 3. The molecule has 1 aliphatic rings.